The van der Waals surface area contributed by atoms with Gasteiger partial charge in [0.1, 0.15) is 6.61 Å². The molecular weight excluding hydrogens is 252 g/mol. The summed E-state index contributed by atoms with van der Waals surface area (Å²) in [5, 5.41) is 8.88. The molecule has 0 bridgehead atoms. The monoisotopic (exact) mass is 268 g/mol. The van der Waals surface area contributed by atoms with Crippen LogP contribution in [0.2, 0.25) is 0 Å². The first-order valence-corrected chi connectivity index (χ1v) is 6.26. The number of ether oxygens (including phenoxy) is 2. The lowest BCUT2D eigenvalue weighted by atomic mass is 10.1. The summed E-state index contributed by atoms with van der Waals surface area (Å²) in [6.07, 6.45) is 0. The Bertz CT molecular complexity index is 610. The largest absolute Gasteiger partial charge is 0.493 e. The van der Waals surface area contributed by atoms with Gasteiger partial charge in [0.05, 0.1) is 18.7 Å². The highest BCUT2D eigenvalue weighted by molar-refractivity contribution is 5.46. The smallest absolute Gasteiger partial charge is 0.166 e. The summed E-state index contributed by atoms with van der Waals surface area (Å²) in [6.45, 7) is 0.744. The van der Waals surface area contributed by atoms with E-state index in [9.17, 15) is 0 Å². The van der Waals surface area contributed by atoms with Gasteiger partial charge in [0.25, 0.3) is 0 Å². The van der Waals surface area contributed by atoms with Crippen molar-refractivity contribution >= 4 is 0 Å². The number of hydrogen-bond acceptors (Lipinski definition) is 4. The van der Waals surface area contributed by atoms with Crippen LogP contribution in [0, 0.1) is 11.3 Å². The standard InChI is InChI=1S/C16H16N2O2/c1-19-15-7-3-6-14(10-18)16(15)20-11-13-5-2-4-12(8-13)9-17/h2-8H,10-11,18H2,1H3. The van der Waals surface area contributed by atoms with Crippen LogP contribution in [0.4, 0.5) is 0 Å². The zero-order chi connectivity index (χ0) is 14.4. The van der Waals surface area contributed by atoms with E-state index >= 15 is 0 Å². The van der Waals surface area contributed by atoms with Crippen molar-refractivity contribution in [2.45, 2.75) is 13.2 Å². The van der Waals surface area contributed by atoms with E-state index in [1.165, 1.54) is 0 Å². The molecule has 0 fully saturated rings. The van der Waals surface area contributed by atoms with Crippen LogP contribution >= 0.6 is 0 Å². The SMILES string of the molecule is COc1cccc(CN)c1OCc1cccc(C#N)c1. The maximum Gasteiger partial charge on any atom is 0.166 e. The molecule has 0 atom stereocenters. The van der Waals surface area contributed by atoms with Crippen molar-refractivity contribution in [3.8, 4) is 17.6 Å². The summed E-state index contributed by atoms with van der Waals surface area (Å²) in [6, 6.07) is 15.0. The van der Waals surface area contributed by atoms with E-state index in [0.29, 0.717) is 30.2 Å². The molecule has 0 spiro atoms. The normalized spacial score (nSPS) is 9.85. The highest BCUT2D eigenvalue weighted by Crippen LogP contribution is 2.31. The Labute approximate surface area is 118 Å². The zero-order valence-electron chi connectivity index (χ0n) is 11.3. The van der Waals surface area contributed by atoms with Gasteiger partial charge < -0.3 is 15.2 Å². The number of nitriles is 1. The van der Waals surface area contributed by atoms with Gasteiger partial charge in [-0.15, -0.1) is 0 Å². The fourth-order valence-corrected chi connectivity index (χ4v) is 1.93. The van der Waals surface area contributed by atoms with Crippen LogP contribution in [-0.2, 0) is 13.2 Å². The van der Waals surface area contributed by atoms with Gasteiger partial charge in [-0.1, -0.05) is 24.3 Å². The third-order valence-corrected chi connectivity index (χ3v) is 2.94. The van der Waals surface area contributed by atoms with E-state index in [4.69, 9.17) is 20.5 Å². The number of para-hydroxylation sites is 1. The Morgan fingerprint density at radius 2 is 2.00 bits per heavy atom. The maximum atomic E-state index is 8.88. The number of methoxy groups -OCH3 is 1. The van der Waals surface area contributed by atoms with Crippen molar-refractivity contribution in [3.05, 3.63) is 59.2 Å². The van der Waals surface area contributed by atoms with Gasteiger partial charge in [0.2, 0.25) is 0 Å². The highest BCUT2D eigenvalue weighted by Gasteiger charge is 2.09. The van der Waals surface area contributed by atoms with Gasteiger partial charge in [-0.25, -0.2) is 0 Å². The highest BCUT2D eigenvalue weighted by atomic mass is 16.5. The summed E-state index contributed by atoms with van der Waals surface area (Å²) in [5.74, 6) is 1.31. The first-order chi connectivity index (χ1) is 9.78. The molecule has 20 heavy (non-hydrogen) atoms. The van der Waals surface area contributed by atoms with E-state index in [0.717, 1.165) is 11.1 Å². The molecule has 4 nitrogen and oxygen atoms in total. The minimum Gasteiger partial charge on any atom is -0.493 e. The average Bonchev–Trinajstić information content (AvgIpc) is 2.52. The van der Waals surface area contributed by atoms with Crippen LogP contribution < -0.4 is 15.2 Å². The molecule has 2 aromatic carbocycles. The Balaban J connectivity index is 2.20. The Kier molecular flexibility index (Phi) is 4.59. The third-order valence-electron chi connectivity index (χ3n) is 2.94. The number of rotatable bonds is 5. The molecule has 0 heterocycles. The summed E-state index contributed by atoms with van der Waals surface area (Å²) >= 11 is 0. The molecule has 0 saturated carbocycles. The average molecular weight is 268 g/mol. The molecule has 102 valence electrons. The molecule has 0 aromatic heterocycles. The number of nitrogens with zero attached hydrogens (tertiary/aromatic N) is 1. The van der Waals surface area contributed by atoms with Crippen molar-refractivity contribution < 1.29 is 9.47 Å². The van der Waals surface area contributed by atoms with Gasteiger partial charge in [0, 0.05) is 12.1 Å². The third kappa shape index (κ3) is 3.08. The van der Waals surface area contributed by atoms with Gasteiger partial charge >= 0.3 is 0 Å². The predicted molar refractivity (Wildman–Crippen MR) is 76.4 cm³/mol. The molecule has 2 N–H and O–H groups in total. The molecule has 4 heteroatoms. The molecule has 2 rings (SSSR count). The number of hydrogen-bond donors (Lipinski definition) is 1. The summed E-state index contributed by atoms with van der Waals surface area (Å²) in [5.41, 5.74) is 8.14. The fourth-order valence-electron chi connectivity index (χ4n) is 1.93. The van der Waals surface area contributed by atoms with Crippen LogP contribution in [0.3, 0.4) is 0 Å². The first kappa shape index (κ1) is 13.9. The van der Waals surface area contributed by atoms with Crippen molar-refractivity contribution in [2.24, 2.45) is 5.73 Å². The number of benzene rings is 2. The molecule has 0 amide bonds. The molecule has 0 aliphatic heterocycles. The van der Waals surface area contributed by atoms with Gasteiger partial charge in [-0.2, -0.15) is 5.26 Å². The summed E-state index contributed by atoms with van der Waals surface area (Å²) in [4.78, 5) is 0. The maximum absolute atomic E-state index is 8.88. The molecule has 2 aromatic rings. The van der Waals surface area contributed by atoms with E-state index in [1.807, 2.05) is 30.3 Å². The van der Waals surface area contributed by atoms with Crippen LogP contribution in [0.15, 0.2) is 42.5 Å². The quantitative estimate of drug-likeness (QED) is 0.905. The molecule has 0 saturated heterocycles. The van der Waals surface area contributed by atoms with Gasteiger partial charge in [-0.05, 0) is 23.8 Å². The van der Waals surface area contributed by atoms with Crippen LogP contribution in [0.25, 0.3) is 0 Å². The predicted octanol–water partition coefficient (Wildman–Crippen LogP) is 2.60. The second-order valence-electron chi connectivity index (χ2n) is 4.25. The molecule has 0 unspecified atom stereocenters. The summed E-state index contributed by atoms with van der Waals surface area (Å²) in [7, 11) is 1.60. The van der Waals surface area contributed by atoms with Crippen LogP contribution in [0.1, 0.15) is 16.7 Å². The zero-order valence-corrected chi connectivity index (χ0v) is 11.3. The molecule has 0 aliphatic carbocycles. The Morgan fingerprint density at radius 3 is 2.70 bits per heavy atom. The Hall–Kier alpha value is -2.51. The van der Waals surface area contributed by atoms with E-state index in [1.54, 1.807) is 19.2 Å². The van der Waals surface area contributed by atoms with E-state index in [-0.39, 0.29) is 0 Å². The van der Waals surface area contributed by atoms with Crippen molar-refractivity contribution in [1.29, 1.82) is 5.26 Å². The van der Waals surface area contributed by atoms with Crippen molar-refractivity contribution in [2.75, 3.05) is 7.11 Å². The second-order valence-corrected chi connectivity index (χ2v) is 4.25. The lowest BCUT2D eigenvalue weighted by Crippen LogP contribution is -2.04. The van der Waals surface area contributed by atoms with Crippen LogP contribution in [0.5, 0.6) is 11.5 Å². The summed E-state index contributed by atoms with van der Waals surface area (Å²) < 4.78 is 11.1. The van der Waals surface area contributed by atoms with Crippen molar-refractivity contribution in [1.82, 2.24) is 0 Å². The Morgan fingerprint density at radius 1 is 1.20 bits per heavy atom. The topological polar surface area (TPSA) is 68.3 Å². The fraction of sp³-hybridized carbons (Fsp3) is 0.188. The number of nitrogens with two attached hydrogens (primary N) is 1. The van der Waals surface area contributed by atoms with E-state index in [2.05, 4.69) is 6.07 Å². The molecule has 0 radical (unpaired) electrons. The minimum absolute atomic E-state index is 0.364. The van der Waals surface area contributed by atoms with Crippen molar-refractivity contribution in [3.63, 3.8) is 0 Å². The van der Waals surface area contributed by atoms with Crippen LogP contribution in [-0.4, -0.2) is 7.11 Å². The lowest BCUT2D eigenvalue weighted by Gasteiger charge is -2.14. The first-order valence-electron chi connectivity index (χ1n) is 6.26. The second kappa shape index (κ2) is 6.60. The molecule has 0 aliphatic rings. The molecular formula is C16H16N2O2. The van der Waals surface area contributed by atoms with E-state index < -0.39 is 0 Å². The van der Waals surface area contributed by atoms with Gasteiger partial charge in [0.15, 0.2) is 11.5 Å². The minimum atomic E-state index is 0.364. The lowest BCUT2D eigenvalue weighted by molar-refractivity contribution is 0.281. The van der Waals surface area contributed by atoms with Gasteiger partial charge in [-0.3, -0.25) is 0 Å².